The van der Waals surface area contributed by atoms with Crippen molar-refractivity contribution < 1.29 is 9.53 Å². The predicted octanol–water partition coefficient (Wildman–Crippen LogP) is 0.456. The Balaban J connectivity index is 1.59. The third kappa shape index (κ3) is 2.98. The maximum Gasteiger partial charge on any atom is 0.223 e. The van der Waals surface area contributed by atoms with Gasteiger partial charge in [0.2, 0.25) is 5.91 Å². The van der Waals surface area contributed by atoms with Crippen LogP contribution in [0.4, 0.5) is 0 Å². The van der Waals surface area contributed by atoms with Crippen LogP contribution < -0.4 is 5.32 Å². The van der Waals surface area contributed by atoms with Crippen molar-refractivity contribution in [1.82, 2.24) is 14.8 Å². The molecule has 1 aromatic rings. The Bertz CT molecular complexity index is 438. The minimum Gasteiger partial charge on any atom is -0.378 e. The fraction of sp³-hybridized carbons (Fsp3) is 0.643. The smallest absolute Gasteiger partial charge is 0.223 e. The molecule has 0 bridgehead atoms. The minimum atomic E-state index is 0.269. The fourth-order valence-electron chi connectivity index (χ4n) is 2.86. The lowest BCUT2D eigenvalue weighted by molar-refractivity contribution is -0.136. The van der Waals surface area contributed by atoms with Crippen LogP contribution in [0.5, 0.6) is 0 Å². The number of aromatic nitrogens is 1. The third-order valence-corrected chi connectivity index (χ3v) is 3.94. The number of morpholine rings is 1. The monoisotopic (exact) mass is 263 g/mol. The molecule has 5 heteroatoms. The molecule has 5 nitrogen and oxygen atoms in total. The number of nitrogens with zero attached hydrogens (tertiary/aromatic N) is 2. The van der Waals surface area contributed by atoms with Crippen molar-refractivity contribution in [2.24, 2.45) is 5.92 Å². The molecule has 2 aliphatic rings. The van der Waals surface area contributed by atoms with Crippen molar-refractivity contribution >= 4 is 5.91 Å². The molecule has 0 unspecified atom stereocenters. The molecule has 2 aliphatic heterocycles. The number of nitrogens with one attached hydrogen (secondary N) is 1. The lowest BCUT2D eigenvalue weighted by Gasteiger charge is -2.28. The van der Waals surface area contributed by atoms with Gasteiger partial charge in [-0.2, -0.15) is 0 Å². The van der Waals surface area contributed by atoms with Crippen molar-refractivity contribution in [3.63, 3.8) is 0 Å². The zero-order valence-electron chi connectivity index (χ0n) is 11.2. The second kappa shape index (κ2) is 5.75. The van der Waals surface area contributed by atoms with Gasteiger partial charge in [-0.3, -0.25) is 4.79 Å². The lowest BCUT2D eigenvalue weighted by Crippen LogP contribution is -2.42. The highest BCUT2D eigenvalue weighted by Gasteiger charge is 2.23. The summed E-state index contributed by atoms with van der Waals surface area (Å²) >= 11 is 0. The molecule has 0 radical (unpaired) electrons. The van der Waals surface area contributed by atoms with E-state index in [1.165, 1.54) is 5.69 Å². The first-order chi connectivity index (χ1) is 9.33. The van der Waals surface area contributed by atoms with Crippen LogP contribution in [0.15, 0.2) is 18.3 Å². The van der Waals surface area contributed by atoms with Crippen LogP contribution in [0.3, 0.4) is 0 Å². The molecule has 104 valence electrons. The highest BCUT2D eigenvalue weighted by Crippen LogP contribution is 2.15. The number of carbonyl (C=O) groups excluding carboxylic acids is 1. The summed E-state index contributed by atoms with van der Waals surface area (Å²) in [5, 5.41) is 3.43. The van der Waals surface area contributed by atoms with Gasteiger partial charge < -0.3 is 19.5 Å². The molecule has 3 rings (SSSR count). The van der Waals surface area contributed by atoms with Crippen molar-refractivity contribution in [3.05, 3.63) is 24.0 Å². The van der Waals surface area contributed by atoms with Crippen molar-refractivity contribution in [2.75, 3.05) is 32.8 Å². The fourth-order valence-corrected chi connectivity index (χ4v) is 2.86. The summed E-state index contributed by atoms with van der Waals surface area (Å²) in [5.41, 5.74) is 1.31. The van der Waals surface area contributed by atoms with Crippen molar-refractivity contribution in [3.8, 4) is 0 Å². The summed E-state index contributed by atoms with van der Waals surface area (Å²) in [4.78, 5) is 14.2. The van der Waals surface area contributed by atoms with Gasteiger partial charge in [-0.1, -0.05) is 0 Å². The summed E-state index contributed by atoms with van der Waals surface area (Å²) in [7, 11) is 0. The highest BCUT2D eigenvalue weighted by atomic mass is 16.5. The van der Waals surface area contributed by atoms with Gasteiger partial charge in [-0.25, -0.2) is 0 Å². The van der Waals surface area contributed by atoms with Crippen molar-refractivity contribution in [1.29, 1.82) is 0 Å². The average molecular weight is 263 g/mol. The molecule has 1 N–H and O–H groups in total. The van der Waals surface area contributed by atoms with Gasteiger partial charge in [0.1, 0.15) is 0 Å². The normalized spacial score (nSPS) is 23.8. The molecule has 0 saturated carbocycles. The number of carbonyl (C=O) groups is 1. The molecule has 1 atom stereocenters. The molecular weight excluding hydrogens is 242 g/mol. The van der Waals surface area contributed by atoms with Gasteiger partial charge in [-0.15, -0.1) is 0 Å². The van der Waals surface area contributed by atoms with E-state index in [2.05, 4.69) is 28.2 Å². The highest BCUT2D eigenvalue weighted by molar-refractivity contribution is 5.76. The molecule has 1 fully saturated rings. The van der Waals surface area contributed by atoms with E-state index < -0.39 is 0 Å². The minimum absolute atomic E-state index is 0.269. The lowest BCUT2D eigenvalue weighted by atomic mass is 10.0. The Morgan fingerprint density at radius 3 is 3.11 bits per heavy atom. The standard InChI is InChI=1S/C14H21N3O2/c18-14(16-4-6-19-7-5-16)8-12-9-15-10-13-2-1-3-17(13)11-12/h1-3,12,15H,4-11H2/t12-/m0/s1. The van der Waals surface area contributed by atoms with Gasteiger partial charge in [0, 0.05) is 51.0 Å². The first-order valence-electron chi connectivity index (χ1n) is 7.03. The van der Waals surface area contributed by atoms with Gasteiger partial charge >= 0.3 is 0 Å². The van der Waals surface area contributed by atoms with E-state index in [0.717, 1.165) is 32.7 Å². The second-order valence-corrected chi connectivity index (χ2v) is 5.35. The summed E-state index contributed by atoms with van der Waals surface area (Å²) in [5.74, 6) is 0.648. The zero-order valence-corrected chi connectivity index (χ0v) is 11.2. The molecule has 1 amide bonds. The van der Waals surface area contributed by atoms with Gasteiger partial charge in [0.05, 0.1) is 13.2 Å². The number of ether oxygens (including phenoxy) is 1. The quantitative estimate of drug-likeness (QED) is 0.843. The summed E-state index contributed by atoms with van der Waals surface area (Å²) < 4.78 is 7.55. The van der Waals surface area contributed by atoms with E-state index in [1.807, 2.05) is 4.90 Å². The van der Waals surface area contributed by atoms with E-state index in [-0.39, 0.29) is 5.91 Å². The largest absolute Gasteiger partial charge is 0.378 e. The van der Waals surface area contributed by atoms with Crippen LogP contribution in [0.25, 0.3) is 0 Å². The topological polar surface area (TPSA) is 46.5 Å². The third-order valence-electron chi connectivity index (χ3n) is 3.94. The zero-order chi connectivity index (χ0) is 13.1. The molecular formula is C14H21N3O2. The Morgan fingerprint density at radius 1 is 1.42 bits per heavy atom. The van der Waals surface area contributed by atoms with Crippen LogP contribution in [0.1, 0.15) is 12.1 Å². The molecule has 0 aromatic carbocycles. The first-order valence-corrected chi connectivity index (χ1v) is 7.03. The second-order valence-electron chi connectivity index (χ2n) is 5.35. The number of hydrogen-bond donors (Lipinski definition) is 1. The van der Waals surface area contributed by atoms with E-state index in [1.54, 1.807) is 0 Å². The molecule has 0 spiro atoms. The number of amides is 1. The summed E-state index contributed by atoms with van der Waals surface area (Å²) in [6.07, 6.45) is 2.74. The maximum absolute atomic E-state index is 12.3. The van der Waals surface area contributed by atoms with E-state index in [4.69, 9.17) is 4.74 Å². The van der Waals surface area contributed by atoms with Gasteiger partial charge in [0.15, 0.2) is 0 Å². The van der Waals surface area contributed by atoms with Gasteiger partial charge in [-0.05, 0) is 18.1 Å². The van der Waals surface area contributed by atoms with Crippen LogP contribution in [0, 0.1) is 5.92 Å². The number of rotatable bonds is 2. The molecule has 19 heavy (non-hydrogen) atoms. The van der Waals surface area contributed by atoms with E-state index in [0.29, 0.717) is 25.6 Å². The summed E-state index contributed by atoms with van der Waals surface area (Å²) in [6, 6.07) is 4.21. The Morgan fingerprint density at radius 2 is 2.26 bits per heavy atom. The molecule has 1 aromatic heterocycles. The molecule has 3 heterocycles. The van der Waals surface area contributed by atoms with E-state index in [9.17, 15) is 4.79 Å². The molecule has 1 saturated heterocycles. The van der Waals surface area contributed by atoms with Crippen LogP contribution in [-0.2, 0) is 22.6 Å². The van der Waals surface area contributed by atoms with Crippen LogP contribution in [0.2, 0.25) is 0 Å². The number of hydrogen-bond acceptors (Lipinski definition) is 3. The van der Waals surface area contributed by atoms with Gasteiger partial charge in [0.25, 0.3) is 0 Å². The SMILES string of the molecule is O=C(C[C@H]1CNCc2cccn2C1)N1CCOCC1. The van der Waals surface area contributed by atoms with Crippen molar-refractivity contribution in [2.45, 2.75) is 19.5 Å². The number of fused-ring (bicyclic) bond motifs is 1. The predicted molar refractivity (Wildman–Crippen MR) is 71.6 cm³/mol. The Labute approximate surface area is 113 Å². The van der Waals surface area contributed by atoms with Crippen LogP contribution >= 0.6 is 0 Å². The van der Waals surface area contributed by atoms with E-state index >= 15 is 0 Å². The first kappa shape index (κ1) is 12.7. The summed E-state index contributed by atoms with van der Waals surface area (Å²) in [6.45, 7) is 5.59. The average Bonchev–Trinajstić information content (AvgIpc) is 2.79. The molecule has 0 aliphatic carbocycles. The maximum atomic E-state index is 12.3. The Kier molecular flexibility index (Phi) is 3.84. The Hall–Kier alpha value is -1.33. The van der Waals surface area contributed by atoms with Crippen LogP contribution in [-0.4, -0.2) is 48.2 Å².